The Labute approximate surface area is 147 Å². The lowest BCUT2D eigenvalue weighted by atomic mass is 10.2. The van der Waals surface area contributed by atoms with Crippen LogP contribution in [0, 0.1) is 0 Å². The molecule has 25 heavy (non-hydrogen) atoms. The van der Waals surface area contributed by atoms with Gasteiger partial charge in [-0.05, 0) is 24.6 Å². The number of nitrogens with one attached hydrogen (secondary N) is 2. The fraction of sp³-hybridized carbons (Fsp3) is 0.333. The Kier molecular flexibility index (Phi) is 6.45. The van der Waals surface area contributed by atoms with Crippen LogP contribution in [0.15, 0.2) is 36.7 Å². The van der Waals surface area contributed by atoms with Gasteiger partial charge in [-0.15, -0.1) is 0 Å². The van der Waals surface area contributed by atoms with E-state index in [1.165, 1.54) is 13.3 Å². The van der Waals surface area contributed by atoms with E-state index in [9.17, 15) is 9.59 Å². The van der Waals surface area contributed by atoms with Crippen molar-refractivity contribution in [3.05, 3.63) is 42.4 Å². The van der Waals surface area contributed by atoms with Crippen LogP contribution in [0.4, 0.5) is 17.2 Å². The molecule has 0 spiro atoms. The minimum Gasteiger partial charge on any atom is -0.360 e. The van der Waals surface area contributed by atoms with Crippen molar-refractivity contribution in [1.29, 1.82) is 0 Å². The lowest BCUT2D eigenvalue weighted by Crippen LogP contribution is -2.21. The normalized spacial score (nSPS) is 10.2. The molecule has 0 aliphatic heterocycles. The summed E-state index contributed by atoms with van der Waals surface area (Å²) in [5.41, 5.74) is 1.49. The molecule has 0 radical (unpaired) electrons. The van der Waals surface area contributed by atoms with Gasteiger partial charge in [0.2, 0.25) is 5.91 Å². The number of unbranched alkanes of at least 4 members (excludes halogenated alkanes) is 1. The zero-order valence-corrected chi connectivity index (χ0v) is 14.7. The van der Waals surface area contributed by atoms with Gasteiger partial charge in [0.25, 0.3) is 5.91 Å². The predicted molar refractivity (Wildman–Crippen MR) is 98.9 cm³/mol. The zero-order chi connectivity index (χ0) is 18.2. The molecule has 0 fully saturated rings. The summed E-state index contributed by atoms with van der Waals surface area (Å²) in [5.74, 6) is 0.215. The third-order valence-electron chi connectivity index (χ3n) is 3.56. The highest BCUT2D eigenvalue weighted by Gasteiger charge is 2.11. The van der Waals surface area contributed by atoms with Crippen molar-refractivity contribution in [3.8, 4) is 0 Å². The fourth-order valence-electron chi connectivity index (χ4n) is 2.26. The van der Waals surface area contributed by atoms with Crippen molar-refractivity contribution in [2.75, 3.05) is 29.1 Å². The molecule has 0 unspecified atom stereocenters. The second-order valence-electron chi connectivity index (χ2n) is 5.75. The van der Waals surface area contributed by atoms with Crippen LogP contribution in [0.25, 0.3) is 0 Å². The third kappa shape index (κ3) is 5.56. The Morgan fingerprint density at radius 1 is 1.12 bits per heavy atom. The van der Waals surface area contributed by atoms with Gasteiger partial charge in [-0.3, -0.25) is 9.59 Å². The van der Waals surface area contributed by atoms with Gasteiger partial charge in [-0.25, -0.2) is 9.97 Å². The number of hydrogen-bond acceptors (Lipinski definition) is 5. The SMILES string of the molecule is CCCCN(C)c1cc(C(=O)Nc2cccc(NC(C)=O)c2)ncn1. The molecule has 2 N–H and O–H groups in total. The molecular formula is C18H23N5O2. The molecular weight excluding hydrogens is 318 g/mol. The predicted octanol–water partition coefficient (Wildman–Crippen LogP) is 2.92. The van der Waals surface area contributed by atoms with Gasteiger partial charge in [0, 0.05) is 38.0 Å². The topological polar surface area (TPSA) is 87.2 Å². The van der Waals surface area contributed by atoms with Crippen LogP contribution >= 0.6 is 0 Å². The maximum atomic E-state index is 12.4. The number of aromatic nitrogens is 2. The molecule has 0 saturated carbocycles. The average molecular weight is 341 g/mol. The Bertz CT molecular complexity index is 748. The van der Waals surface area contributed by atoms with Crippen LogP contribution in [-0.2, 0) is 4.79 Å². The zero-order valence-electron chi connectivity index (χ0n) is 14.7. The molecule has 0 aliphatic rings. The molecule has 2 rings (SSSR count). The van der Waals surface area contributed by atoms with Crippen LogP contribution in [0.1, 0.15) is 37.2 Å². The van der Waals surface area contributed by atoms with Crippen molar-refractivity contribution in [2.45, 2.75) is 26.7 Å². The number of carbonyl (C=O) groups excluding carboxylic acids is 2. The summed E-state index contributed by atoms with van der Waals surface area (Å²) in [6.45, 7) is 4.43. The van der Waals surface area contributed by atoms with Crippen molar-refractivity contribution >= 4 is 29.0 Å². The number of hydrogen-bond donors (Lipinski definition) is 2. The van der Waals surface area contributed by atoms with Gasteiger partial charge in [-0.1, -0.05) is 19.4 Å². The van der Waals surface area contributed by atoms with Gasteiger partial charge < -0.3 is 15.5 Å². The highest BCUT2D eigenvalue weighted by molar-refractivity contribution is 6.03. The van der Waals surface area contributed by atoms with E-state index < -0.39 is 0 Å². The first-order chi connectivity index (χ1) is 12.0. The van der Waals surface area contributed by atoms with Gasteiger partial charge in [0.1, 0.15) is 17.8 Å². The number of nitrogens with zero attached hydrogens (tertiary/aromatic N) is 3. The number of anilines is 3. The largest absolute Gasteiger partial charge is 0.360 e. The first-order valence-electron chi connectivity index (χ1n) is 8.21. The molecule has 1 aromatic heterocycles. The number of carbonyl (C=O) groups is 2. The minimum absolute atomic E-state index is 0.168. The van der Waals surface area contributed by atoms with Crippen molar-refractivity contribution in [2.24, 2.45) is 0 Å². The smallest absolute Gasteiger partial charge is 0.274 e. The van der Waals surface area contributed by atoms with Crippen LogP contribution in [-0.4, -0.2) is 35.4 Å². The first-order valence-corrected chi connectivity index (χ1v) is 8.21. The number of benzene rings is 1. The van der Waals surface area contributed by atoms with Gasteiger partial charge in [0.15, 0.2) is 0 Å². The molecule has 132 valence electrons. The van der Waals surface area contributed by atoms with E-state index in [2.05, 4.69) is 27.5 Å². The summed E-state index contributed by atoms with van der Waals surface area (Å²) in [5, 5.41) is 5.46. The maximum absolute atomic E-state index is 12.4. The molecule has 0 aliphatic carbocycles. The molecule has 7 heteroatoms. The van der Waals surface area contributed by atoms with Crippen LogP contribution in [0.2, 0.25) is 0 Å². The molecule has 7 nitrogen and oxygen atoms in total. The summed E-state index contributed by atoms with van der Waals surface area (Å²) in [6.07, 6.45) is 3.53. The average Bonchev–Trinajstić information content (AvgIpc) is 2.59. The lowest BCUT2D eigenvalue weighted by molar-refractivity contribution is -0.114. The van der Waals surface area contributed by atoms with Crippen molar-refractivity contribution in [3.63, 3.8) is 0 Å². The second-order valence-corrected chi connectivity index (χ2v) is 5.75. The monoisotopic (exact) mass is 341 g/mol. The Hall–Kier alpha value is -2.96. The maximum Gasteiger partial charge on any atom is 0.274 e. The summed E-state index contributed by atoms with van der Waals surface area (Å²) >= 11 is 0. The van der Waals surface area contributed by atoms with E-state index in [-0.39, 0.29) is 11.8 Å². The first kappa shape index (κ1) is 18.4. The highest BCUT2D eigenvalue weighted by atomic mass is 16.2. The molecule has 0 bridgehead atoms. The molecule has 0 atom stereocenters. The van der Waals surface area contributed by atoms with Crippen LogP contribution in [0.5, 0.6) is 0 Å². The third-order valence-corrected chi connectivity index (χ3v) is 3.56. The second kappa shape index (κ2) is 8.77. The summed E-state index contributed by atoms with van der Waals surface area (Å²) in [6, 6.07) is 8.61. The summed E-state index contributed by atoms with van der Waals surface area (Å²) < 4.78 is 0. The van der Waals surface area contributed by atoms with Crippen molar-refractivity contribution in [1.82, 2.24) is 9.97 Å². The standard InChI is InChI=1S/C18H23N5O2/c1-4-5-9-23(3)17-11-16(19-12-20-17)18(25)22-15-8-6-7-14(10-15)21-13(2)24/h6-8,10-12H,4-5,9H2,1-3H3,(H,21,24)(H,22,25). The van der Waals surface area contributed by atoms with E-state index in [4.69, 9.17) is 0 Å². The number of amides is 2. The van der Waals surface area contributed by atoms with E-state index in [0.29, 0.717) is 22.9 Å². The fourth-order valence-corrected chi connectivity index (χ4v) is 2.26. The molecule has 1 aromatic carbocycles. The minimum atomic E-state index is -0.326. The Morgan fingerprint density at radius 3 is 2.52 bits per heavy atom. The molecule has 2 aromatic rings. The van der Waals surface area contributed by atoms with E-state index >= 15 is 0 Å². The molecule has 2 amide bonds. The summed E-state index contributed by atoms with van der Waals surface area (Å²) in [7, 11) is 1.94. The van der Waals surface area contributed by atoms with Crippen LogP contribution < -0.4 is 15.5 Å². The number of rotatable bonds is 7. The summed E-state index contributed by atoms with van der Waals surface area (Å²) in [4.78, 5) is 33.8. The highest BCUT2D eigenvalue weighted by Crippen LogP contribution is 2.17. The van der Waals surface area contributed by atoms with Gasteiger partial charge >= 0.3 is 0 Å². The molecule has 0 saturated heterocycles. The van der Waals surface area contributed by atoms with Gasteiger partial charge in [0.05, 0.1) is 0 Å². The van der Waals surface area contributed by atoms with E-state index in [1.807, 2.05) is 11.9 Å². The lowest BCUT2D eigenvalue weighted by Gasteiger charge is -2.17. The quantitative estimate of drug-likeness (QED) is 0.808. The van der Waals surface area contributed by atoms with E-state index in [1.54, 1.807) is 30.3 Å². The van der Waals surface area contributed by atoms with Gasteiger partial charge in [-0.2, -0.15) is 0 Å². The Morgan fingerprint density at radius 2 is 1.84 bits per heavy atom. The van der Waals surface area contributed by atoms with Crippen molar-refractivity contribution < 1.29 is 9.59 Å². The Balaban J connectivity index is 2.09. The van der Waals surface area contributed by atoms with E-state index in [0.717, 1.165) is 19.4 Å². The van der Waals surface area contributed by atoms with Crippen LogP contribution in [0.3, 0.4) is 0 Å². The molecule has 1 heterocycles.